The minimum Gasteiger partial charge on any atom is -0.338 e. The molecule has 4 rings (SSSR count). The molecular weight excluding hydrogens is 367 g/mol. The Morgan fingerprint density at radius 1 is 1.28 bits per heavy atom. The zero-order valence-electron chi connectivity index (χ0n) is 16.8. The van der Waals surface area contributed by atoms with Crippen LogP contribution in [-0.4, -0.2) is 38.7 Å². The quantitative estimate of drug-likeness (QED) is 0.677. The number of rotatable bonds is 4. The van der Waals surface area contributed by atoms with Gasteiger partial charge < -0.3 is 4.90 Å². The lowest BCUT2D eigenvalue weighted by molar-refractivity contribution is 0.0706. The molecule has 0 spiro atoms. The summed E-state index contributed by atoms with van der Waals surface area (Å²) in [7, 11) is 1.81. The van der Waals surface area contributed by atoms with Gasteiger partial charge in [-0.15, -0.1) is 0 Å². The summed E-state index contributed by atoms with van der Waals surface area (Å²) < 4.78 is 15.7. The lowest BCUT2D eigenvalue weighted by Gasteiger charge is -2.32. The maximum Gasteiger partial charge on any atom is 0.257 e. The van der Waals surface area contributed by atoms with Crippen LogP contribution in [0.1, 0.15) is 51.6 Å². The third kappa shape index (κ3) is 4.36. The number of benzene rings is 1. The Balaban J connectivity index is 1.53. The van der Waals surface area contributed by atoms with Crippen LogP contribution in [0.25, 0.3) is 0 Å². The topological polar surface area (TPSA) is 51.0 Å². The van der Waals surface area contributed by atoms with Crippen LogP contribution in [0.15, 0.2) is 48.8 Å². The van der Waals surface area contributed by atoms with Crippen molar-refractivity contribution >= 4 is 5.91 Å². The van der Waals surface area contributed by atoms with Crippen molar-refractivity contribution in [2.24, 2.45) is 7.05 Å². The van der Waals surface area contributed by atoms with Crippen LogP contribution in [0.3, 0.4) is 0 Å². The minimum absolute atomic E-state index is 0.0158. The van der Waals surface area contributed by atoms with E-state index in [-0.39, 0.29) is 17.6 Å². The van der Waals surface area contributed by atoms with Crippen molar-refractivity contribution in [2.75, 3.05) is 13.1 Å². The van der Waals surface area contributed by atoms with Crippen LogP contribution in [-0.2, 0) is 13.5 Å². The largest absolute Gasteiger partial charge is 0.338 e. The molecule has 1 aliphatic heterocycles. The number of nitrogens with zero attached hydrogens (tertiary/aromatic N) is 4. The normalized spacial score (nSPS) is 16.8. The predicted octanol–water partition coefficient (Wildman–Crippen LogP) is 3.87. The summed E-state index contributed by atoms with van der Waals surface area (Å²) in [5.74, 6) is 0.0140. The van der Waals surface area contributed by atoms with Gasteiger partial charge in [0.05, 0.1) is 11.8 Å². The SMILES string of the molecule is Cc1cc(Cc2ccccc2F)cc([C@H]2CCCN(C(=O)c3cnn(C)c3)C2)n1. The molecule has 1 aliphatic rings. The maximum absolute atomic E-state index is 14.1. The number of piperidine rings is 1. The number of aromatic nitrogens is 3. The Labute approximate surface area is 170 Å². The van der Waals surface area contributed by atoms with Crippen molar-refractivity contribution in [3.05, 3.63) is 82.7 Å². The second kappa shape index (κ2) is 8.15. The molecule has 2 aromatic heterocycles. The molecule has 0 aliphatic carbocycles. The number of amides is 1. The van der Waals surface area contributed by atoms with Crippen LogP contribution in [0.2, 0.25) is 0 Å². The summed E-state index contributed by atoms with van der Waals surface area (Å²) in [6, 6.07) is 11.0. The van der Waals surface area contributed by atoms with Crippen LogP contribution < -0.4 is 0 Å². The molecule has 1 fully saturated rings. The molecule has 0 unspecified atom stereocenters. The predicted molar refractivity (Wildman–Crippen MR) is 109 cm³/mol. The minimum atomic E-state index is -0.186. The second-order valence-corrected chi connectivity index (χ2v) is 7.80. The van der Waals surface area contributed by atoms with Gasteiger partial charge in [0.25, 0.3) is 5.91 Å². The van der Waals surface area contributed by atoms with E-state index in [1.807, 2.05) is 37.1 Å². The molecule has 0 N–H and O–H groups in total. The van der Waals surface area contributed by atoms with Gasteiger partial charge in [0, 0.05) is 50.1 Å². The van der Waals surface area contributed by atoms with E-state index in [4.69, 9.17) is 4.98 Å². The zero-order chi connectivity index (χ0) is 20.4. The summed E-state index contributed by atoms with van der Waals surface area (Å²) >= 11 is 0. The van der Waals surface area contributed by atoms with Gasteiger partial charge in [-0.05, 0) is 49.1 Å². The highest BCUT2D eigenvalue weighted by Gasteiger charge is 2.27. The number of carbonyl (C=O) groups is 1. The molecule has 0 saturated carbocycles. The van der Waals surface area contributed by atoms with Gasteiger partial charge in [0.15, 0.2) is 0 Å². The lowest BCUT2D eigenvalue weighted by atomic mass is 9.92. The number of likely N-dealkylation sites (tertiary alicyclic amines) is 1. The standard InChI is InChI=1S/C23H25FN4O/c1-16-10-17(11-18-6-3-4-8-21(18)24)12-22(26-16)19-7-5-9-28(15-19)23(29)20-13-25-27(2)14-20/h3-4,6,8,10,12-14,19H,5,7,9,11,15H2,1-2H3/t19-/m0/s1. The summed E-state index contributed by atoms with van der Waals surface area (Å²) in [5, 5.41) is 4.11. The summed E-state index contributed by atoms with van der Waals surface area (Å²) in [4.78, 5) is 19.5. The molecule has 5 nitrogen and oxygen atoms in total. The Morgan fingerprint density at radius 3 is 2.86 bits per heavy atom. The van der Waals surface area contributed by atoms with Crippen LogP contribution in [0.4, 0.5) is 4.39 Å². The number of hydrogen-bond donors (Lipinski definition) is 0. The van der Waals surface area contributed by atoms with Gasteiger partial charge >= 0.3 is 0 Å². The molecule has 1 amide bonds. The highest BCUT2D eigenvalue weighted by molar-refractivity contribution is 5.93. The van der Waals surface area contributed by atoms with Gasteiger partial charge in [-0.3, -0.25) is 14.5 Å². The Bertz CT molecular complexity index is 1030. The first-order valence-electron chi connectivity index (χ1n) is 9.98. The van der Waals surface area contributed by atoms with Crippen molar-refractivity contribution in [2.45, 2.75) is 32.1 Å². The van der Waals surface area contributed by atoms with E-state index in [1.165, 1.54) is 6.07 Å². The highest BCUT2D eigenvalue weighted by atomic mass is 19.1. The summed E-state index contributed by atoms with van der Waals surface area (Å²) in [5.41, 5.74) is 4.25. The van der Waals surface area contributed by atoms with E-state index in [2.05, 4.69) is 11.2 Å². The number of carbonyl (C=O) groups excluding carboxylic acids is 1. The van der Waals surface area contributed by atoms with Gasteiger partial charge in [-0.2, -0.15) is 5.10 Å². The van der Waals surface area contributed by atoms with E-state index in [9.17, 15) is 9.18 Å². The molecule has 1 aromatic carbocycles. The first kappa shape index (κ1) is 19.3. The molecule has 0 radical (unpaired) electrons. The average Bonchev–Trinajstić information content (AvgIpc) is 3.15. The third-order valence-corrected chi connectivity index (χ3v) is 5.46. The molecule has 3 aromatic rings. The molecule has 6 heteroatoms. The van der Waals surface area contributed by atoms with E-state index >= 15 is 0 Å². The Hall–Kier alpha value is -3.02. The first-order valence-corrected chi connectivity index (χ1v) is 9.98. The number of hydrogen-bond acceptors (Lipinski definition) is 3. The van der Waals surface area contributed by atoms with Crippen molar-refractivity contribution in [1.82, 2.24) is 19.7 Å². The van der Waals surface area contributed by atoms with E-state index in [0.29, 0.717) is 24.1 Å². The molecule has 0 bridgehead atoms. The molecule has 1 atom stereocenters. The van der Waals surface area contributed by atoms with Gasteiger partial charge in [-0.25, -0.2) is 4.39 Å². The van der Waals surface area contributed by atoms with Gasteiger partial charge in [-0.1, -0.05) is 18.2 Å². The van der Waals surface area contributed by atoms with E-state index < -0.39 is 0 Å². The van der Waals surface area contributed by atoms with Crippen LogP contribution in [0.5, 0.6) is 0 Å². The maximum atomic E-state index is 14.1. The number of pyridine rings is 1. The smallest absolute Gasteiger partial charge is 0.257 e. The molecule has 1 saturated heterocycles. The highest BCUT2D eigenvalue weighted by Crippen LogP contribution is 2.28. The van der Waals surface area contributed by atoms with Crippen molar-refractivity contribution < 1.29 is 9.18 Å². The second-order valence-electron chi connectivity index (χ2n) is 7.80. The fraction of sp³-hybridized carbons (Fsp3) is 0.348. The van der Waals surface area contributed by atoms with Gasteiger partial charge in [0.1, 0.15) is 5.82 Å². The average molecular weight is 392 g/mol. The van der Waals surface area contributed by atoms with Crippen LogP contribution >= 0.6 is 0 Å². The third-order valence-electron chi connectivity index (χ3n) is 5.46. The zero-order valence-corrected chi connectivity index (χ0v) is 16.8. The fourth-order valence-electron chi connectivity index (χ4n) is 4.06. The number of aryl methyl sites for hydroxylation is 2. The monoisotopic (exact) mass is 392 g/mol. The summed E-state index contributed by atoms with van der Waals surface area (Å²) in [6.45, 7) is 3.36. The lowest BCUT2D eigenvalue weighted by Crippen LogP contribution is -2.39. The Morgan fingerprint density at radius 2 is 2.10 bits per heavy atom. The first-order chi connectivity index (χ1) is 14.0. The van der Waals surface area contributed by atoms with Crippen molar-refractivity contribution in [3.8, 4) is 0 Å². The van der Waals surface area contributed by atoms with Crippen LogP contribution in [0, 0.1) is 12.7 Å². The van der Waals surface area contributed by atoms with Crippen molar-refractivity contribution in [1.29, 1.82) is 0 Å². The molecule has 150 valence electrons. The summed E-state index contributed by atoms with van der Waals surface area (Å²) in [6.07, 6.45) is 5.84. The van der Waals surface area contributed by atoms with Crippen molar-refractivity contribution in [3.63, 3.8) is 0 Å². The molecular formula is C23H25FN4O. The van der Waals surface area contributed by atoms with E-state index in [0.717, 1.165) is 36.3 Å². The molecule has 29 heavy (non-hydrogen) atoms. The van der Waals surface area contributed by atoms with Gasteiger partial charge in [0.2, 0.25) is 0 Å². The molecule has 3 heterocycles. The Kier molecular flexibility index (Phi) is 5.43. The van der Waals surface area contributed by atoms with E-state index in [1.54, 1.807) is 23.1 Å². The number of halogens is 1. The fourth-order valence-corrected chi connectivity index (χ4v) is 4.06.